The molecule has 2 aromatic carbocycles. The summed E-state index contributed by atoms with van der Waals surface area (Å²) in [5.41, 5.74) is 10.5. The van der Waals surface area contributed by atoms with E-state index in [4.69, 9.17) is 15.0 Å². The molecule has 1 heterocycles. The Morgan fingerprint density at radius 1 is 1.39 bits per heavy atom. The van der Waals surface area contributed by atoms with Crippen LogP contribution in [0.25, 0.3) is 21.6 Å². The van der Waals surface area contributed by atoms with Crippen LogP contribution in [0.3, 0.4) is 0 Å². The predicted molar refractivity (Wildman–Crippen MR) is 85.3 cm³/mol. The van der Waals surface area contributed by atoms with Crippen LogP contribution in [0.2, 0.25) is 0 Å². The lowest BCUT2D eigenvalue weighted by molar-refractivity contribution is 0.285. The number of nitrogens with one attached hydrogen (secondary N) is 1. The summed E-state index contributed by atoms with van der Waals surface area (Å²) in [7, 11) is 1.57. The molecule has 2 aromatic rings. The van der Waals surface area contributed by atoms with Gasteiger partial charge in [-0.3, -0.25) is 0 Å². The Kier molecular flexibility index (Phi) is 4.21. The Bertz CT molecular complexity index is 775. The van der Waals surface area contributed by atoms with Crippen LogP contribution >= 0.6 is 0 Å². The number of hydrogen-bond acceptors (Lipinski definition) is 4. The quantitative estimate of drug-likeness (QED) is 0.526. The lowest BCUT2D eigenvalue weighted by atomic mass is 10.00. The average molecular weight is 314 g/mol. The number of fused-ring (bicyclic) bond motifs is 1. The minimum Gasteiger partial charge on any atom is -0.496 e. The van der Waals surface area contributed by atoms with Crippen molar-refractivity contribution in [1.29, 1.82) is 0 Å². The highest BCUT2D eigenvalue weighted by Gasteiger charge is 2.24. The van der Waals surface area contributed by atoms with Crippen LogP contribution in [-0.4, -0.2) is 26.3 Å². The van der Waals surface area contributed by atoms with Gasteiger partial charge in [-0.1, -0.05) is 23.3 Å². The molecule has 1 N–H and O–H groups in total. The average Bonchev–Trinajstić information content (AvgIpc) is 2.59. The summed E-state index contributed by atoms with van der Waals surface area (Å²) in [5, 5.41) is 6.83. The molecular formula is C16H15FN4O2. The predicted octanol–water partition coefficient (Wildman–Crippen LogP) is 3.98. The van der Waals surface area contributed by atoms with E-state index in [1.54, 1.807) is 7.11 Å². The maximum Gasteiger partial charge on any atom is 0.146 e. The van der Waals surface area contributed by atoms with Crippen molar-refractivity contribution in [3.05, 3.63) is 52.7 Å². The third-order valence-corrected chi connectivity index (χ3v) is 3.62. The fourth-order valence-corrected chi connectivity index (χ4v) is 2.59. The van der Waals surface area contributed by atoms with E-state index >= 15 is 0 Å². The minimum absolute atomic E-state index is 0.169. The van der Waals surface area contributed by atoms with Gasteiger partial charge < -0.3 is 14.8 Å². The Balaban J connectivity index is 2.08. The topological polar surface area (TPSA) is 79.2 Å². The number of rotatable bonds is 4. The molecule has 0 amide bonds. The van der Waals surface area contributed by atoms with Crippen molar-refractivity contribution < 1.29 is 13.9 Å². The number of benzene rings is 2. The molecule has 0 saturated heterocycles. The van der Waals surface area contributed by atoms with Gasteiger partial charge in [0.25, 0.3) is 0 Å². The Labute approximate surface area is 132 Å². The molecule has 118 valence electrons. The first kappa shape index (κ1) is 15.0. The van der Waals surface area contributed by atoms with Crippen LogP contribution in [0.4, 0.5) is 10.1 Å². The highest BCUT2D eigenvalue weighted by atomic mass is 19.1. The number of azide groups is 1. The standard InChI is InChI=1S/C16H15FN4O2/c1-22-14-5-3-2-4-12(14)13-6-10(17)7-15-16(13)20-11(9-23-15)8-19-21-18/h2-7,11,20H,8-9H2,1H3. The molecule has 3 rings (SSSR count). The van der Waals surface area contributed by atoms with Gasteiger partial charge in [0.15, 0.2) is 0 Å². The fourth-order valence-electron chi connectivity index (χ4n) is 2.59. The van der Waals surface area contributed by atoms with Crippen LogP contribution in [-0.2, 0) is 0 Å². The SMILES string of the molecule is COc1ccccc1-c1cc(F)cc2c1NC(CN=[N+]=[N-])CO2. The van der Waals surface area contributed by atoms with Crippen LogP contribution in [0, 0.1) is 5.82 Å². The number of hydrogen-bond donors (Lipinski definition) is 1. The third kappa shape index (κ3) is 3.00. The minimum atomic E-state index is -0.389. The molecular weight excluding hydrogens is 299 g/mol. The summed E-state index contributed by atoms with van der Waals surface area (Å²) < 4.78 is 24.9. The third-order valence-electron chi connectivity index (χ3n) is 3.62. The van der Waals surface area contributed by atoms with E-state index in [2.05, 4.69) is 15.3 Å². The summed E-state index contributed by atoms with van der Waals surface area (Å²) >= 11 is 0. The Morgan fingerprint density at radius 2 is 2.22 bits per heavy atom. The molecule has 6 nitrogen and oxygen atoms in total. The van der Waals surface area contributed by atoms with Crippen molar-refractivity contribution in [2.75, 3.05) is 25.6 Å². The second kappa shape index (κ2) is 6.46. The van der Waals surface area contributed by atoms with E-state index in [9.17, 15) is 4.39 Å². The first-order valence-corrected chi connectivity index (χ1v) is 7.10. The van der Waals surface area contributed by atoms with Crippen molar-refractivity contribution in [1.82, 2.24) is 0 Å². The van der Waals surface area contributed by atoms with Gasteiger partial charge in [0, 0.05) is 28.6 Å². The molecule has 1 atom stereocenters. The number of methoxy groups -OCH3 is 1. The molecule has 0 radical (unpaired) electrons. The maximum atomic E-state index is 14.0. The van der Waals surface area contributed by atoms with Crippen molar-refractivity contribution >= 4 is 5.69 Å². The van der Waals surface area contributed by atoms with Gasteiger partial charge in [-0.05, 0) is 17.7 Å². The molecule has 0 spiro atoms. The number of ether oxygens (including phenoxy) is 2. The molecule has 7 heteroatoms. The molecule has 23 heavy (non-hydrogen) atoms. The van der Waals surface area contributed by atoms with Crippen LogP contribution in [0.5, 0.6) is 11.5 Å². The van der Waals surface area contributed by atoms with Crippen molar-refractivity contribution in [3.63, 3.8) is 0 Å². The lowest BCUT2D eigenvalue weighted by Crippen LogP contribution is -2.34. The molecule has 1 aliphatic rings. The number of anilines is 1. The van der Waals surface area contributed by atoms with Gasteiger partial charge in [0.05, 0.1) is 18.8 Å². The molecule has 1 aliphatic heterocycles. The Hall–Kier alpha value is -2.92. The molecule has 0 aliphatic carbocycles. The summed E-state index contributed by atoms with van der Waals surface area (Å²) in [5.74, 6) is 0.683. The molecule has 0 bridgehead atoms. The van der Waals surface area contributed by atoms with Crippen LogP contribution < -0.4 is 14.8 Å². The van der Waals surface area contributed by atoms with E-state index in [0.717, 1.165) is 5.56 Å². The van der Waals surface area contributed by atoms with Gasteiger partial charge in [-0.2, -0.15) is 0 Å². The zero-order valence-electron chi connectivity index (χ0n) is 12.5. The van der Waals surface area contributed by atoms with Gasteiger partial charge in [-0.25, -0.2) is 4.39 Å². The highest BCUT2D eigenvalue weighted by Crippen LogP contribution is 2.42. The summed E-state index contributed by atoms with van der Waals surface area (Å²) in [6.45, 7) is 0.555. The number of nitrogens with zero attached hydrogens (tertiary/aromatic N) is 3. The molecule has 0 saturated carbocycles. The van der Waals surface area contributed by atoms with Gasteiger partial charge in [0.1, 0.15) is 23.9 Å². The van der Waals surface area contributed by atoms with E-state index in [1.807, 2.05) is 24.3 Å². The Morgan fingerprint density at radius 3 is 3.00 bits per heavy atom. The monoisotopic (exact) mass is 314 g/mol. The van der Waals surface area contributed by atoms with Crippen molar-refractivity contribution in [2.45, 2.75) is 6.04 Å². The molecule has 1 unspecified atom stereocenters. The van der Waals surface area contributed by atoms with Gasteiger partial charge >= 0.3 is 0 Å². The molecule has 0 aromatic heterocycles. The molecule has 0 fully saturated rings. The zero-order chi connectivity index (χ0) is 16.2. The van der Waals surface area contributed by atoms with E-state index in [0.29, 0.717) is 29.4 Å². The number of para-hydroxylation sites is 1. The number of halogens is 1. The zero-order valence-corrected chi connectivity index (χ0v) is 12.5. The highest BCUT2D eigenvalue weighted by molar-refractivity contribution is 5.86. The van der Waals surface area contributed by atoms with Gasteiger partial charge in [0.2, 0.25) is 0 Å². The summed E-state index contributed by atoms with van der Waals surface area (Å²) in [4.78, 5) is 2.76. The fraction of sp³-hybridized carbons (Fsp3) is 0.250. The van der Waals surface area contributed by atoms with E-state index in [1.165, 1.54) is 12.1 Å². The second-order valence-electron chi connectivity index (χ2n) is 5.09. The van der Waals surface area contributed by atoms with Crippen molar-refractivity contribution in [2.24, 2.45) is 5.11 Å². The van der Waals surface area contributed by atoms with E-state index < -0.39 is 0 Å². The normalized spacial score (nSPS) is 15.7. The van der Waals surface area contributed by atoms with Crippen LogP contribution in [0.15, 0.2) is 41.5 Å². The lowest BCUT2D eigenvalue weighted by Gasteiger charge is -2.28. The maximum absolute atomic E-state index is 14.0. The summed E-state index contributed by atoms with van der Waals surface area (Å²) in [6.07, 6.45) is 0. The van der Waals surface area contributed by atoms with Crippen LogP contribution in [0.1, 0.15) is 0 Å². The second-order valence-corrected chi connectivity index (χ2v) is 5.09. The smallest absolute Gasteiger partial charge is 0.146 e. The largest absolute Gasteiger partial charge is 0.496 e. The van der Waals surface area contributed by atoms with Gasteiger partial charge in [-0.15, -0.1) is 0 Å². The summed E-state index contributed by atoms with van der Waals surface area (Å²) in [6, 6.07) is 9.98. The first-order chi connectivity index (χ1) is 11.2. The first-order valence-electron chi connectivity index (χ1n) is 7.10. The van der Waals surface area contributed by atoms with Crippen molar-refractivity contribution in [3.8, 4) is 22.6 Å². The van der Waals surface area contributed by atoms with E-state index in [-0.39, 0.29) is 18.4 Å².